The number of carbonyl (C=O) groups is 2. The van der Waals surface area contributed by atoms with Gasteiger partial charge in [-0.3, -0.25) is 14.5 Å². The number of hydrogen-bond acceptors (Lipinski definition) is 4. The second-order valence-electron chi connectivity index (χ2n) is 5.39. The van der Waals surface area contributed by atoms with Gasteiger partial charge in [-0.15, -0.1) is 0 Å². The van der Waals surface area contributed by atoms with Crippen LogP contribution >= 0.6 is 0 Å². The first-order valence-corrected chi connectivity index (χ1v) is 7.27. The summed E-state index contributed by atoms with van der Waals surface area (Å²) in [6, 6.07) is -0.150. The molecular formula is C14H26N2O4. The van der Waals surface area contributed by atoms with Crippen LogP contribution in [-0.2, 0) is 14.3 Å². The predicted molar refractivity (Wildman–Crippen MR) is 75.5 cm³/mol. The molecule has 0 aromatic rings. The van der Waals surface area contributed by atoms with Crippen LogP contribution < -0.4 is 5.32 Å². The molecule has 1 unspecified atom stereocenters. The van der Waals surface area contributed by atoms with E-state index in [0.29, 0.717) is 13.2 Å². The van der Waals surface area contributed by atoms with E-state index in [1.165, 1.54) is 0 Å². The number of aliphatic carboxylic acids is 1. The lowest BCUT2D eigenvalue weighted by molar-refractivity contribution is -0.138. The van der Waals surface area contributed by atoms with E-state index >= 15 is 0 Å². The van der Waals surface area contributed by atoms with Gasteiger partial charge < -0.3 is 15.2 Å². The molecule has 0 bridgehead atoms. The SMILES string of the molecule is COCCCNC(=O)C(C)N1CCC(CC(=O)O)CC1. The minimum absolute atomic E-state index is 0.0396. The van der Waals surface area contributed by atoms with E-state index in [0.717, 1.165) is 32.4 Å². The Balaban J connectivity index is 2.25. The number of carbonyl (C=O) groups excluding carboxylic acids is 1. The summed E-state index contributed by atoms with van der Waals surface area (Å²) in [5.41, 5.74) is 0. The molecule has 6 heteroatoms. The number of methoxy groups -OCH3 is 1. The molecule has 1 heterocycles. The molecular weight excluding hydrogens is 260 g/mol. The second kappa shape index (κ2) is 8.92. The average Bonchev–Trinajstić information content (AvgIpc) is 2.43. The van der Waals surface area contributed by atoms with Crippen LogP contribution in [0.4, 0.5) is 0 Å². The van der Waals surface area contributed by atoms with Crippen LogP contribution in [0.1, 0.15) is 32.6 Å². The van der Waals surface area contributed by atoms with Crippen molar-refractivity contribution >= 4 is 11.9 Å². The Labute approximate surface area is 120 Å². The average molecular weight is 286 g/mol. The van der Waals surface area contributed by atoms with Gasteiger partial charge in [0.25, 0.3) is 0 Å². The van der Waals surface area contributed by atoms with Crippen molar-refractivity contribution < 1.29 is 19.4 Å². The van der Waals surface area contributed by atoms with E-state index < -0.39 is 5.97 Å². The highest BCUT2D eigenvalue weighted by Gasteiger charge is 2.27. The van der Waals surface area contributed by atoms with Crippen LogP contribution in [0, 0.1) is 5.92 Å². The van der Waals surface area contributed by atoms with E-state index in [4.69, 9.17) is 9.84 Å². The van der Waals surface area contributed by atoms with Gasteiger partial charge in [0.1, 0.15) is 0 Å². The number of amides is 1. The molecule has 0 radical (unpaired) electrons. The largest absolute Gasteiger partial charge is 0.481 e. The van der Waals surface area contributed by atoms with E-state index in [1.54, 1.807) is 7.11 Å². The zero-order valence-corrected chi connectivity index (χ0v) is 12.4. The molecule has 0 saturated carbocycles. The molecule has 116 valence electrons. The molecule has 20 heavy (non-hydrogen) atoms. The molecule has 1 aliphatic rings. The third kappa shape index (κ3) is 5.88. The van der Waals surface area contributed by atoms with Gasteiger partial charge in [-0.2, -0.15) is 0 Å². The number of nitrogens with one attached hydrogen (secondary N) is 1. The minimum Gasteiger partial charge on any atom is -0.481 e. The summed E-state index contributed by atoms with van der Waals surface area (Å²) in [6.07, 6.45) is 2.77. The Morgan fingerprint density at radius 3 is 2.60 bits per heavy atom. The quantitative estimate of drug-likeness (QED) is 0.643. The lowest BCUT2D eigenvalue weighted by atomic mass is 9.93. The van der Waals surface area contributed by atoms with Gasteiger partial charge in [-0.25, -0.2) is 0 Å². The van der Waals surface area contributed by atoms with Gasteiger partial charge in [0.15, 0.2) is 0 Å². The Morgan fingerprint density at radius 1 is 1.40 bits per heavy atom. The van der Waals surface area contributed by atoms with Crippen molar-refractivity contribution in [1.29, 1.82) is 0 Å². The summed E-state index contributed by atoms with van der Waals surface area (Å²) < 4.78 is 4.93. The molecule has 0 aromatic carbocycles. The highest BCUT2D eigenvalue weighted by molar-refractivity contribution is 5.81. The summed E-state index contributed by atoms with van der Waals surface area (Å²) in [5.74, 6) is -0.439. The number of carboxylic acids is 1. The van der Waals surface area contributed by atoms with Crippen LogP contribution in [0.15, 0.2) is 0 Å². The lowest BCUT2D eigenvalue weighted by Gasteiger charge is -2.34. The Bertz CT molecular complexity index is 314. The normalized spacial score (nSPS) is 18.7. The van der Waals surface area contributed by atoms with Gasteiger partial charge in [0.2, 0.25) is 5.91 Å². The third-order valence-corrected chi connectivity index (χ3v) is 3.86. The molecule has 1 aliphatic heterocycles. The number of likely N-dealkylation sites (tertiary alicyclic amines) is 1. The summed E-state index contributed by atoms with van der Waals surface area (Å²) in [7, 11) is 1.64. The molecule has 0 aromatic heterocycles. The van der Waals surface area contributed by atoms with Gasteiger partial charge in [0, 0.05) is 26.7 Å². The Hall–Kier alpha value is -1.14. The van der Waals surface area contributed by atoms with Crippen LogP contribution in [0.25, 0.3) is 0 Å². The number of rotatable bonds is 8. The second-order valence-corrected chi connectivity index (χ2v) is 5.39. The van der Waals surface area contributed by atoms with Gasteiger partial charge >= 0.3 is 5.97 Å². The van der Waals surface area contributed by atoms with Crippen molar-refractivity contribution in [3.05, 3.63) is 0 Å². The molecule has 1 saturated heterocycles. The molecule has 1 rings (SSSR count). The van der Waals surface area contributed by atoms with Gasteiger partial charge in [0.05, 0.1) is 6.04 Å². The van der Waals surface area contributed by atoms with Crippen LogP contribution in [-0.4, -0.2) is 61.3 Å². The first-order chi connectivity index (χ1) is 9.54. The van der Waals surface area contributed by atoms with E-state index in [2.05, 4.69) is 10.2 Å². The third-order valence-electron chi connectivity index (χ3n) is 3.86. The summed E-state index contributed by atoms with van der Waals surface area (Å²) in [5, 5.41) is 11.7. The Morgan fingerprint density at radius 2 is 2.05 bits per heavy atom. The molecule has 0 spiro atoms. The molecule has 6 nitrogen and oxygen atoms in total. The van der Waals surface area contributed by atoms with Crippen molar-refractivity contribution in [3.8, 4) is 0 Å². The van der Waals surface area contributed by atoms with Crippen molar-refractivity contribution in [3.63, 3.8) is 0 Å². The zero-order valence-electron chi connectivity index (χ0n) is 12.4. The molecule has 2 N–H and O–H groups in total. The number of hydrogen-bond donors (Lipinski definition) is 2. The van der Waals surface area contributed by atoms with Crippen molar-refractivity contribution in [2.24, 2.45) is 5.92 Å². The van der Waals surface area contributed by atoms with Crippen molar-refractivity contribution in [2.75, 3.05) is 33.4 Å². The molecule has 1 amide bonds. The molecule has 1 atom stereocenters. The Kier molecular flexibility index (Phi) is 7.54. The fourth-order valence-corrected chi connectivity index (χ4v) is 2.53. The monoisotopic (exact) mass is 286 g/mol. The first kappa shape index (κ1) is 16.9. The van der Waals surface area contributed by atoms with Crippen LogP contribution in [0.3, 0.4) is 0 Å². The van der Waals surface area contributed by atoms with Crippen molar-refractivity contribution in [2.45, 2.75) is 38.6 Å². The predicted octanol–water partition coefficient (Wildman–Crippen LogP) is 0.714. The summed E-state index contributed by atoms with van der Waals surface area (Å²) in [6.45, 7) is 4.78. The fourth-order valence-electron chi connectivity index (χ4n) is 2.53. The van der Waals surface area contributed by atoms with E-state index in [9.17, 15) is 9.59 Å². The summed E-state index contributed by atoms with van der Waals surface area (Å²) in [4.78, 5) is 24.8. The van der Waals surface area contributed by atoms with E-state index in [-0.39, 0.29) is 24.3 Å². The number of ether oxygens (including phenoxy) is 1. The zero-order chi connectivity index (χ0) is 15.0. The number of piperidine rings is 1. The number of nitrogens with zero attached hydrogens (tertiary/aromatic N) is 1. The van der Waals surface area contributed by atoms with Crippen molar-refractivity contribution in [1.82, 2.24) is 10.2 Å². The fraction of sp³-hybridized carbons (Fsp3) is 0.857. The maximum Gasteiger partial charge on any atom is 0.303 e. The highest BCUT2D eigenvalue weighted by Crippen LogP contribution is 2.21. The highest BCUT2D eigenvalue weighted by atomic mass is 16.5. The van der Waals surface area contributed by atoms with Gasteiger partial charge in [-0.1, -0.05) is 0 Å². The van der Waals surface area contributed by atoms with Crippen LogP contribution in [0.5, 0.6) is 0 Å². The number of carboxylic acid groups (broad SMARTS) is 1. The summed E-state index contributed by atoms with van der Waals surface area (Å²) >= 11 is 0. The lowest BCUT2D eigenvalue weighted by Crippen LogP contribution is -2.48. The van der Waals surface area contributed by atoms with E-state index in [1.807, 2.05) is 6.92 Å². The standard InChI is InChI=1S/C14H26N2O4/c1-11(14(19)15-6-3-9-20-2)16-7-4-12(5-8-16)10-13(17)18/h11-12H,3-10H2,1-2H3,(H,15,19)(H,17,18). The first-order valence-electron chi connectivity index (χ1n) is 7.27. The maximum absolute atomic E-state index is 12.0. The van der Waals surface area contributed by atoms with Gasteiger partial charge in [-0.05, 0) is 45.2 Å². The minimum atomic E-state index is -0.729. The topological polar surface area (TPSA) is 78.9 Å². The smallest absolute Gasteiger partial charge is 0.303 e. The maximum atomic E-state index is 12.0. The van der Waals surface area contributed by atoms with Crippen LogP contribution in [0.2, 0.25) is 0 Å². The molecule has 1 fully saturated rings. The molecule has 0 aliphatic carbocycles.